The highest BCUT2D eigenvalue weighted by atomic mass is 15.2. The third-order valence-electron chi connectivity index (χ3n) is 3.59. The summed E-state index contributed by atoms with van der Waals surface area (Å²) in [6.45, 7) is 3.54. The molecule has 2 rings (SSSR count). The van der Waals surface area contributed by atoms with Crippen molar-refractivity contribution in [3.05, 3.63) is 0 Å². The van der Waals surface area contributed by atoms with Crippen LogP contribution in [0.15, 0.2) is 0 Å². The van der Waals surface area contributed by atoms with Crippen LogP contribution in [-0.4, -0.2) is 29.6 Å². The van der Waals surface area contributed by atoms with E-state index in [0.29, 0.717) is 6.04 Å². The topological polar surface area (TPSA) is 29.3 Å². The molecule has 2 aliphatic rings. The molecule has 0 atom stereocenters. The Balaban J connectivity index is 1.84. The molecule has 2 N–H and O–H groups in total. The number of nitrogens with zero attached hydrogens (tertiary/aromatic N) is 1. The molecule has 2 aliphatic carbocycles. The lowest BCUT2D eigenvalue weighted by Gasteiger charge is -2.35. The van der Waals surface area contributed by atoms with E-state index in [1.54, 1.807) is 0 Å². The lowest BCUT2D eigenvalue weighted by molar-refractivity contribution is 0.148. The maximum atomic E-state index is 5.91. The number of hydrogen-bond donors (Lipinski definition) is 1. The van der Waals surface area contributed by atoms with E-state index in [1.165, 1.54) is 45.1 Å². The summed E-state index contributed by atoms with van der Waals surface area (Å²) in [7, 11) is 0. The van der Waals surface area contributed by atoms with Gasteiger partial charge in [-0.1, -0.05) is 6.92 Å². The van der Waals surface area contributed by atoms with E-state index < -0.39 is 0 Å². The Kier molecular flexibility index (Phi) is 2.89. The summed E-state index contributed by atoms with van der Waals surface area (Å²) in [6, 6.07) is 2.29. The zero-order chi connectivity index (χ0) is 9.26. The molecule has 0 aliphatic heterocycles. The Morgan fingerprint density at radius 3 is 1.85 bits per heavy atom. The first-order valence-corrected chi connectivity index (χ1v) is 5.82. The number of nitrogens with two attached hydrogens (primary N) is 1. The second-order valence-corrected chi connectivity index (χ2v) is 4.63. The molecule has 0 bridgehead atoms. The van der Waals surface area contributed by atoms with Crippen LogP contribution in [0.1, 0.15) is 45.4 Å². The summed E-state index contributed by atoms with van der Waals surface area (Å²) in [4.78, 5) is 2.71. The van der Waals surface area contributed by atoms with Crippen molar-refractivity contribution in [2.45, 2.75) is 63.6 Å². The molecule has 76 valence electrons. The summed E-state index contributed by atoms with van der Waals surface area (Å²) >= 11 is 0. The molecule has 0 aromatic heterocycles. The van der Waals surface area contributed by atoms with Gasteiger partial charge in [-0.05, 0) is 45.1 Å². The standard InChI is InChI=1S/C11H22N2/c1-2-13(11-7-8-11)10-5-3-9(12)4-6-10/h9-11H,2-8,12H2,1H3. The second-order valence-electron chi connectivity index (χ2n) is 4.63. The van der Waals surface area contributed by atoms with Crippen LogP contribution in [0.2, 0.25) is 0 Å². The molecule has 0 spiro atoms. The van der Waals surface area contributed by atoms with Crippen molar-refractivity contribution >= 4 is 0 Å². The Hall–Kier alpha value is -0.0800. The average molecular weight is 182 g/mol. The van der Waals surface area contributed by atoms with Crippen molar-refractivity contribution in [1.82, 2.24) is 4.90 Å². The van der Waals surface area contributed by atoms with Gasteiger partial charge in [-0.3, -0.25) is 4.90 Å². The van der Waals surface area contributed by atoms with Crippen molar-refractivity contribution < 1.29 is 0 Å². The van der Waals surface area contributed by atoms with Gasteiger partial charge in [-0.15, -0.1) is 0 Å². The van der Waals surface area contributed by atoms with E-state index in [4.69, 9.17) is 5.73 Å². The molecule has 2 fully saturated rings. The van der Waals surface area contributed by atoms with Gasteiger partial charge in [-0.25, -0.2) is 0 Å². The normalized spacial score (nSPS) is 35.3. The van der Waals surface area contributed by atoms with Crippen LogP contribution in [0.5, 0.6) is 0 Å². The van der Waals surface area contributed by atoms with Gasteiger partial charge >= 0.3 is 0 Å². The first-order chi connectivity index (χ1) is 6.31. The molecule has 0 radical (unpaired) electrons. The van der Waals surface area contributed by atoms with Gasteiger partial charge in [0.2, 0.25) is 0 Å². The first kappa shape index (κ1) is 9.47. The highest BCUT2D eigenvalue weighted by molar-refractivity contribution is 4.90. The molecule has 13 heavy (non-hydrogen) atoms. The van der Waals surface area contributed by atoms with Gasteiger partial charge in [0, 0.05) is 18.1 Å². The molecule has 2 nitrogen and oxygen atoms in total. The molecule has 0 saturated heterocycles. The fraction of sp³-hybridized carbons (Fsp3) is 1.00. The van der Waals surface area contributed by atoms with Crippen molar-refractivity contribution in [3.8, 4) is 0 Å². The largest absolute Gasteiger partial charge is 0.328 e. The average Bonchev–Trinajstić information content (AvgIpc) is 2.93. The Morgan fingerprint density at radius 1 is 1.00 bits per heavy atom. The SMILES string of the molecule is CCN(C1CCC(N)CC1)C1CC1. The Labute approximate surface area is 81.5 Å². The third-order valence-corrected chi connectivity index (χ3v) is 3.59. The van der Waals surface area contributed by atoms with Crippen LogP contribution in [0.3, 0.4) is 0 Å². The molecule has 0 heterocycles. The van der Waals surface area contributed by atoms with E-state index in [1.807, 2.05) is 0 Å². The van der Waals surface area contributed by atoms with E-state index in [2.05, 4.69) is 11.8 Å². The highest BCUT2D eigenvalue weighted by Gasteiger charge is 2.33. The smallest absolute Gasteiger partial charge is 0.00992 e. The third kappa shape index (κ3) is 2.23. The van der Waals surface area contributed by atoms with Crippen LogP contribution < -0.4 is 5.73 Å². The van der Waals surface area contributed by atoms with Crippen LogP contribution in [0.4, 0.5) is 0 Å². The van der Waals surface area contributed by atoms with Crippen molar-refractivity contribution in [2.75, 3.05) is 6.54 Å². The maximum Gasteiger partial charge on any atom is 0.00992 e. The highest BCUT2D eigenvalue weighted by Crippen LogP contribution is 2.32. The summed E-state index contributed by atoms with van der Waals surface area (Å²) in [5.74, 6) is 0. The van der Waals surface area contributed by atoms with Crippen molar-refractivity contribution in [3.63, 3.8) is 0 Å². The Bertz CT molecular complexity index is 157. The van der Waals surface area contributed by atoms with Crippen molar-refractivity contribution in [1.29, 1.82) is 0 Å². The predicted octanol–water partition coefficient (Wildman–Crippen LogP) is 1.74. The second kappa shape index (κ2) is 3.97. The monoisotopic (exact) mass is 182 g/mol. The van der Waals surface area contributed by atoms with Crippen LogP contribution in [0.25, 0.3) is 0 Å². The lowest BCUT2D eigenvalue weighted by Crippen LogP contribution is -2.41. The van der Waals surface area contributed by atoms with Gasteiger partial charge in [-0.2, -0.15) is 0 Å². The van der Waals surface area contributed by atoms with E-state index >= 15 is 0 Å². The fourth-order valence-corrected chi connectivity index (χ4v) is 2.65. The quantitative estimate of drug-likeness (QED) is 0.720. The zero-order valence-corrected chi connectivity index (χ0v) is 8.71. The van der Waals surface area contributed by atoms with Gasteiger partial charge in [0.05, 0.1) is 0 Å². The molecule has 2 heteroatoms. The minimum atomic E-state index is 0.495. The molecule has 0 unspecified atom stereocenters. The number of hydrogen-bond acceptors (Lipinski definition) is 2. The maximum absolute atomic E-state index is 5.91. The summed E-state index contributed by atoms with van der Waals surface area (Å²) in [5.41, 5.74) is 5.91. The summed E-state index contributed by atoms with van der Waals surface area (Å²) < 4.78 is 0. The summed E-state index contributed by atoms with van der Waals surface area (Å²) in [5, 5.41) is 0. The molecular formula is C11H22N2. The predicted molar refractivity (Wildman–Crippen MR) is 55.6 cm³/mol. The van der Waals surface area contributed by atoms with Gasteiger partial charge in [0.25, 0.3) is 0 Å². The van der Waals surface area contributed by atoms with Crippen LogP contribution in [0, 0.1) is 0 Å². The van der Waals surface area contributed by atoms with E-state index in [-0.39, 0.29) is 0 Å². The molecular weight excluding hydrogens is 160 g/mol. The molecule has 0 amide bonds. The van der Waals surface area contributed by atoms with Gasteiger partial charge in [0.1, 0.15) is 0 Å². The zero-order valence-electron chi connectivity index (χ0n) is 8.71. The minimum absolute atomic E-state index is 0.495. The molecule has 2 saturated carbocycles. The summed E-state index contributed by atoms with van der Waals surface area (Å²) in [6.07, 6.45) is 8.05. The Morgan fingerprint density at radius 2 is 1.46 bits per heavy atom. The van der Waals surface area contributed by atoms with E-state index in [0.717, 1.165) is 12.1 Å². The lowest BCUT2D eigenvalue weighted by atomic mass is 9.90. The minimum Gasteiger partial charge on any atom is -0.328 e. The fourth-order valence-electron chi connectivity index (χ4n) is 2.65. The molecule has 0 aromatic rings. The molecule has 0 aromatic carbocycles. The van der Waals surface area contributed by atoms with Gasteiger partial charge in [0.15, 0.2) is 0 Å². The van der Waals surface area contributed by atoms with Crippen LogP contribution in [-0.2, 0) is 0 Å². The van der Waals surface area contributed by atoms with E-state index in [9.17, 15) is 0 Å². The van der Waals surface area contributed by atoms with Crippen LogP contribution >= 0.6 is 0 Å². The first-order valence-electron chi connectivity index (χ1n) is 5.82. The van der Waals surface area contributed by atoms with Crippen molar-refractivity contribution in [2.24, 2.45) is 5.73 Å². The van der Waals surface area contributed by atoms with Gasteiger partial charge < -0.3 is 5.73 Å². The number of rotatable bonds is 3.